The van der Waals surface area contributed by atoms with Crippen LogP contribution in [0.4, 0.5) is 15.3 Å². The topological polar surface area (TPSA) is 123 Å². The highest BCUT2D eigenvalue weighted by molar-refractivity contribution is 8.13. The van der Waals surface area contributed by atoms with E-state index < -0.39 is 34.9 Å². The van der Waals surface area contributed by atoms with Gasteiger partial charge in [-0.25, -0.2) is 14.4 Å². The Kier molecular flexibility index (Phi) is 13.7. The quantitative estimate of drug-likeness (QED) is 0.146. The van der Waals surface area contributed by atoms with Crippen LogP contribution in [0, 0.1) is 0 Å². The van der Waals surface area contributed by atoms with Gasteiger partial charge in [-0.1, -0.05) is 43.0 Å². The predicted octanol–water partition coefficient (Wildman–Crippen LogP) is 6.22. The Bertz CT molecular complexity index is 1330. The average Bonchev–Trinajstić information content (AvgIpc) is 3.41. The molecule has 244 valence electrons. The number of rotatable bonds is 13. The number of hydrogen-bond donors (Lipinski definition) is 2. The second-order valence-corrected chi connectivity index (χ2v) is 13.7. The zero-order chi connectivity index (χ0) is 33.0. The first-order valence-corrected chi connectivity index (χ1v) is 17.0. The van der Waals surface area contributed by atoms with E-state index in [0.717, 1.165) is 22.9 Å². The Labute approximate surface area is 274 Å². The standard InChI is InChI=1S/C33H43N3O7S2/c1-7-14-42-31(39)36-21-27(45-32(40)43-33(2,3)4)19-26(36)20-34-25-17-23(22-11-9-8-10-12-22)16-24(18-25)29(37)35-28(13-15-44-6)30(38)41-5/h7-12,16-18,26-28,34H,1,13-15,19-21H2,2-6H3,(H,35,37). The van der Waals surface area contributed by atoms with Gasteiger partial charge >= 0.3 is 17.4 Å². The number of benzene rings is 2. The zero-order valence-electron chi connectivity index (χ0n) is 26.5. The minimum Gasteiger partial charge on any atom is -0.467 e. The zero-order valence-corrected chi connectivity index (χ0v) is 28.1. The lowest BCUT2D eigenvalue weighted by Crippen LogP contribution is -2.42. The van der Waals surface area contributed by atoms with Gasteiger partial charge in [0.05, 0.1) is 13.2 Å². The fraction of sp³-hybridized carbons (Fsp3) is 0.455. The summed E-state index contributed by atoms with van der Waals surface area (Å²) in [7, 11) is 1.30. The number of esters is 1. The number of ether oxygens (including phenoxy) is 3. The normalized spacial score (nSPS) is 16.8. The molecule has 3 rings (SSSR count). The van der Waals surface area contributed by atoms with E-state index in [2.05, 4.69) is 17.2 Å². The summed E-state index contributed by atoms with van der Waals surface area (Å²) in [4.78, 5) is 52.9. The smallest absolute Gasteiger partial charge is 0.410 e. The Hall–Kier alpha value is -3.64. The fourth-order valence-corrected chi connectivity index (χ4v) is 6.36. The number of nitrogens with one attached hydrogen (secondary N) is 2. The van der Waals surface area contributed by atoms with E-state index in [1.165, 1.54) is 13.2 Å². The highest BCUT2D eigenvalue weighted by Gasteiger charge is 2.38. The number of methoxy groups -OCH3 is 1. The maximum atomic E-state index is 13.4. The lowest BCUT2D eigenvalue weighted by Gasteiger charge is -2.24. The maximum absolute atomic E-state index is 13.4. The lowest BCUT2D eigenvalue weighted by molar-refractivity contribution is -0.142. The number of carbonyl (C=O) groups is 4. The van der Waals surface area contributed by atoms with Crippen molar-refractivity contribution in [2.24, 2.45) is 0 Å². The fourth-order valence-electron chi connectivity index (χ4n) is 4.76. The van der Waals surface area contributed by atoms with Crippen molar-refractivity contribution >= 4 is 52.5 Å². The van der Waals surface area contributed by atoms with Gasteiger partial charge in [0.15, 0.2) is 0 Å². The van der Waals surface area contributed by atoms with Gasteiger partial charge in [0.2, 0.25) is 0 Å². The van der Waals surface area contributed by atoms with Crippen molar-refractivity contribution in [2.45, 2.75) is 56.5 Å². The van der Waals surface area contributed by atoms with Crippen molar-refractivity contribution in [2.75, 3.05) is 44.1 Å². The van der Waals surface area contributed by atoms with E-state index in [-0.39, 0.29) is 17.9 Å². The van der Waals surface area contributed by atoms with Crippen molar-refractivity contribution in [1.29, 1.82) is 0 Å². The van der Waals surface area contributed by atoms with E-state index in [1.54, 1.807) is 28.8 Å². The first kappa shape index (κ1) is 35.8. The molecule has 1 aliphatic heterocycles. The van der Waals surface area contributed by atoms with Crippen LogP contribution in [0.3, 0.4) is 0 Å². The van der Waals surface area contributed by atoms with Gasteiger partial charge in [0.25, 0.3) is 5.91 Å². The number of hydrogen-bond acceptors (Lipinski definition) is 10. The molecule has 45 heavy (non-hydrogen) atoms. The molecular weight excluding hydrogens is 615 g/mol. The van der Waals surface area contributed by atoms with E-state index in [9.17, 15) is 19.2 Å². The maximum Gasteiger partial charge on any atom is 0.410 e. The van der Waals surface area contributed by atoms with Crippen LogP contribution in [-0.4, -0.2) is 89.9 Å². The van der Waals surface area contributed by atoms with Crippen molar-refractivity contribution < 1.29 is 33.4 Å². The molecule has 0 aliphatic carbocycles. The van der Waals surface area contributed by atoms with E-state index in [4.69, 9.17) is 14.2 Å². The van der Waals surface area contributed by atoms with Crippen LogP contribution in [0.25, 0.3) is 11.1 Å². The molecular formula is C33H43N3O7S2. The third-order valence-corrected chi connectivity index (χ3v) is 8.43. The Morgan fingerprint density at radius 1 is 1.11 bits per heavy atom. The molecule has 0 saturated carbocycles. The van der Waals surface area contributed by atoms with E-state index in [0.29, 0.717) is 42.9 Å². The second-order valence-electron chi connectivity index (χ2n) is 11.5. The molecule has 0 spiro atoms. The minimum absolute atomic E-state index is 0.0699. The molecule has 2 amide bonds. The van der Waals surface area contributed by atoms with Gasteiger partial charge in [-0.05, 0) is 86.7 Å². The Morgan fingerprint density at radius 3 is 2.49 bits per heavy atom. The monoisotopic (exact) mass is 657 g/mol. The molecule has 1 heterocycles. The van der Waals surface area contributed by atoms with Crippen LogP contribution in [0.15, 0.2) is 61.2 Å². The predicted molar refractivity (Wildman–Crippen MR) is 181 cm³/mol. The third kappa shape index (κ3) is 11.3. The van der Waals surface area contributed by atoms with Gasteiger partial charge < -0.3 is 29.7 Å². The molecule has 2 N–H and O–H groups in total. The molecule has 1 fully saturated rings. The molecule has 3 unspecified atom stereocenters. The molecule has 1 aliphatic rings. The van der Waals surface area contributed by atoms with E-state index >= 15 is 0 Å². The highest BCUT2D eigenvalue weighted by Crippen LogP contribution is 2.32. The molecule has 10 nitrogen and oxygen atoms in total. The highest BCUT2D eigenvalue weighted by atomic mass is 32.2. The first-order chi connectivity index (χ1) is 21.4. The Balaban J connectivity index is 1.84. The molecule has 0 radical (unpaired) electrons. The number of thioether (sulfide) groups is 2. The number of amides is 2. The van der Waals surface area contributed by atoms with Gasteiger partial charge in [0.1, 0.15) is 18.2 Å². The summed E-state index contributed by atoms with van der Waals surface area (Å²) in [5.74, 6) is -0.230. The van der Waals surface area contributed by atoms with Crippen LogP contribution in [-0.2, 0) is 19.0 Å². The number of anilines is 1. The van der Waals surface area contributed by atoms with Crippen molar-refractivity contribution in [3.63, 3.8) is 0 Å². The minimum atomic E-state index is -0.778. The summed E-state index contributed by atoms with van der Waals surface area (Å²) < 4.78 is 15.7. The van der Waals surface area contributed by atoms with Crippen molar-refractivity contribution in [3.8, 4) is 11.1 Å². The lowest BCUT2D eigenvalue weighted by atomic mass is 10.0. The van der Waals surface area contributed by atoms with Crippen LogP contribution in [0.2, 0.25) is 0 Å². The molecule has 0 aromatic heterocycles. The third-order valence-electron chi connectivity index (χ3n) is 6.83. The Morgan fingerprint density at radius 2 is 1.84 bits per heavy atom. The van der Waals surface area contributed by atoms with Gasteiger partial charge in [0, 0.05) is 29.6 Å². The van der Waals surface area contributed by atoms with Gasteiger partial charge in [-0.2, -0.15) is 11.8 Å². The van der Waals surface area contributed by atoms with Crippen molar-refractivity contribution in [3.05, 3.63) is 66.7 Å². The summed E-state index contributed by atoms with van der Waals surface area (Å²) in [6, 6.07) is 14.0. The SMILES string of the molecule is C=CCOC(=O)N1CC(SC(=O)OC(C)(C)C)CC1CNc1cc(C(=O)NC(CCSC)C(=O)OC)cc(-c2ccccc2)c1. The van der Waals surface area contributed by atoms with Gasteiger partial charge in [-0.15, -0.1) is 0 Å². The molecule has 2 aromatic rings. The van der Waals surface area contributed by atoms with Crippen LogP contribution in [0.1, 0.15) is 44.0 Å². The molecule has 1 saturated heterocycles. The number of nitrogens with zero attached hydrogens (tertiary/aromatic N) is 1. The summed E-state index contributed by atoms with van der Waals surface area (Å²) >= 11 is 2.65. The summed E-state index contributed by atoms with van der Waals surface area (Å²) in [5, 5.41) is 5.64. The van der Waals surface area contributed by atoms with E-state index in [1.807, 2.05) is 63.4 Å². The number of carbonyl (C=O) groups excluding carboxylic acids is 4. The molecule has 0 bridgehead atoms. The van der Waals surface area contributed by atoms with Crippen molar-refractivity contribution in [1.82, 2.24) is 10.2 Å². The second kappa shape index (κ2) is 17.2. The molecule has 3 atom stereocenters. The summed E-state index contributed by atoms with van der Waals surface area (Å²) in [6.45, 7) is 9.76. The average molecular weight is 658 g/mol. The van der Waals surface area contributed by atoms with Crippen LogP contribution < -0.4 is 10.6 Å². The summed E-state index contributed by atoms with van der Waals surface area (Å²) in [5.41, 5.74) is 2.11. The molecule has 2 aromatic carbocycles. The van der Waals surface area contributed by atoms with Crippen LogP contribution in [0.5, 0.6) is 0 Å². The summed E-state index contributed by atoms with van der Waals surface area (Å²) in [6.07, 6.45) is 3.90. The van der Waals surface area contributed by atoms with Crippen LogP contribution >= 0.6 is 23.5 Å². The molecule has 12 heteroatoms. The first-order valence-electron chi connectivity index (χ1n) is 14.7. The van der Waals surface area contributed by atoms with Gasteiger partial charge in [-0.3, -0.25) is 4.79 Å². The largest absolute Gasteiger partial charge is 0.467 e. The number of likely N-dealkylation sites (tertiary alicyclic amines) is 1.